The van der Waals surface area contributed by atoms with Gasteiger partial charge in [0.15, 0.2) is 0 Å². The number of nitrogens with one attached hydrogen (secondary N) is 1. The van der Waals surface area contributed by atoms with Crippen LogP contribution in [0.25, 0.3) is 0 Å². The Balaban J connectivity index is 1.92. The van der Waals surface area contributed by atoms with Crippen molar-refractivity contribution in [3.8, 4) is 5.75 Å². The van der Waals surface area contributed by atoms with E-state index in [0.29, 0.717) is 30.2 Å². The number of anilines is 1. The zero-order valence-electron chi connectivity index (χ0n) is 21.2. The van der Waals surface area contributed by atoms with Crippen molar-refractivity contribution in [3.05, 3.63) is 59.4 Å². The van der Waals surface area contributed by atoms with Gasteiger partial charge in [-0.15, -0.1) is 0 Å². The van der Waals surface area contributed by atoms with Crippen LogP contribution in [0.1, 0.15) is 47.9 Å². The number of amides is 2. The molecule has 2 aromatic rings. The number of carbonyl (C=O) groups excluding carboxylic acids is 2. The van der Waals surface area contributed by atoms with E-state index in [9.17, 15) is 14.0 Å². The number of likely N-dealkylation sites (N-methyl/N-ethyl adjacent to an activating group) is 1. The van der Waals surface area contributed by atoms with Gasteiger partial charge in [-0.25, -0.2) is 4.39 Å². The first-order valence-electron chi connectivity index (χ1n) is 12.1. The van der Waals surface area contributed by atoms with Gasteiger partial charge >= 0.3 is 0 Å². The maximum absolute atomic E-state index is 14.0. The van der Waals surface area contributed by atoms with Crippen LogP contribution in [-0.2, 0) is 4.74 Å². The number of rotatable bonds is 5. The summed E-state index contributed by atoms with van der Waals surface area (Å²) in [7, 11) is 3.43. The number of ether oxygens (including phenoxy) is 2. The molecule has 0 bridgehead atoms. The number of nitrogens with zero attached hydrogens (tertiary/aromatic N) is 2. The van der Waals surface area contributed by atoms with E-state index >= 15 is 0 Å². The molecular formula is C27H36FN3O4. The zero-order chi connectivity index (χ0) is 25.5. The molecule has 1 aliphatic heterocycles. The lowest BCUT2D eigenvalue weighted by Crippen LogP contribution is -2.46. The first kappa shape index (κ1) is 26.6. The number of hydrogen-bond acceptors (Lipinski definition) is 5. The molecule has 7 nitrogen and oxygen atoms in total. The molecule has 2 aromatic carbocycles. The zero-order valence-corrected chi connectivity index (χ0v) is 21.2. The van der Waals surface area contributed by atoms with E-state index in [0.717, 1.165) is 19.5 Å². The van der Waals surface area contributed by atoms with E-state index in [4.69, 9.17) is 9.47 Å². The Labute approximate surface area is 207 Å². The molecule has 0 aromatic heterocycles. The van der Waals surface area contributed by atoms with Crippen molar-refractivity contribution in [2.45, 2.75) is 39.3 Å². The second-order valence-electron chi connectivity index (χ2n) is 9.24. The van der Waals surface area contributed by atoms with E-state index in [1.54, 1.807) is 43.3 Å². The molecule has 1 aliphatic rings. The number of hydrogen-bond donors (Lipinski definition) is 1. The molecule has 0 aliphatic carbocycles. The first-order chi connectivity index (χ1) is 16.7. The molecule has 0 saturated carbocycles. The van der Waals surface area contributed by atoms with Crippen LogP contribution < -0.4 is 10.1 Å². The van der Waals surface area contributed by atoms with Gasteiger partial charge in [0, 0.05) is 45.0 Å². The smallest absolute Gasteiger partial charge is 0.258 e. The normalized spacial score (nSPS) is 21.9. The van der Waals surface area contributed by atoms with Crippen LogP contribution in [0, 0.1) is 11.7 Å². The van der Waals surface area contributed by atoms with Gasteiger partial charge in [-0.1, -0.05) is 26.0 Å². The van der Waals surface area contributed by atoms with E-state index in [1.807, 2.05) is 0 Å². The maximum atomic E-state index is 14.0. The third-order valence-electron chi connectivity index (χ3n) is 6.46. The Morgan fingerprint density at radius 2 is 1.94 bits per heavy atom. The molecule has 2 amide bonds. The van der Waals surface area contributed by atoms with Crippen molar-refractivity contribution >= 4 is 17.5 Å². The predicted octanol–water partition coefficient (Wildman–Crippen LogP) is 4.29. The lowest BCUT2D eigenvalue weighted by Gasteiger charge is -2.35. The predicted molar refractivity (Wildman–Crippen MR) is 135 cm³/mol. The SMILES string of the molecule is CCCN1C[C@H](C)[C@H](OC)CN(C)C(=O)c2ccc(NC(=O)c3ccccc3F)cc2OC[C@@H]1C. The molecule has 0 unspecified atom stereocenters. The highest BCUT2D eigenvalue weighted by Gasteiger charge is 2.28. The van der Waals surface area contributed by atoms with Crippen LogP contribution in [0.3, 0.4) is 0 Å². The fourth-order valence-corrected chi connectivity index (χ4v) is 4.37. The number of halogens is 1. The molecule has 0 radical (unpaired) electrons. The number of methoxy groups -OCH3 is 1. The summed E-state index contributed by atoms with van der Waals surface area (Å²) in [5.41, 5.74) is 0.760. The maximum Gasteiger partial charge on any atom is 0.258 e. The van der Waals surface area contributed by atoms with E-state index < -0.39 is 11.7 Å². The van der Waals surface area contributed by atoms with Crippen LogP contribution in [-0.4, -0.2) is 74.2 Å². The van der Waals surface area contributed by atoms with Crippen molar-refractivity contribution in [2.24, 2.45) is 5.92 Å². The Morgan fingerprint density at radius 1 is 1.20 bits per heavy atom. The molecule has 8 heteroatoms. The lowest BCUT2D eigenvalue weighted by molar-refractivity contribution is 0.0108. The second kappa shape index (κ2) is 12.1. The van der Waals surface area contributed by atoms with Crippen molar-refractivity contribution in [2.75, 3.05) is 45.7 Å². The average Bonchev–Trinajstić information content (AvgIpc) is 2.84. The van der Waals surface area contributed by atoms with Gasteiger partial charge < -0.3 is 19.7 Å². The fourth-order valence-electron chi connectivity index (χ4n) is 4.37. The van der Waals surface area contributed by atoms with Gasteiger partial charge in [-0.2, -0.15) is 0 Å². The quantitative estimate of drug-likeness (QED) is 0.684. The van der Waals surface area contributed by atoms with Crippen LogP contribution in [0.5, 0.6) is 5.75 Å². The van der Waals surface area contributed by atoms with Crippen molar-refractivity contribution in [1.82, 2.24) is 9.80 Å². The second-order valence-corrected chi connectivity index (χ2v) is 9.24. The van der Waals surface area contributed by atoms with Crippen LogP contribution in [0.15, 0.2) is 42.5 Å². The average molecular weight is 486 g/mol. The molecular weight excluding hydrogens is 449 g/mol. The summed E-state index contributed by atoms with van der Waals surface area (Å²) < 4.78 is 26.0. The third-order valence-corrected chi connectivity index (χ3v) is 6.46. The summed E-state index contributed by atoms with van der Waals surface area (Å²) in [5, 5.41) is 2.71. The van der Waals surface area contributed by atoms with Crippen molar-refractivity contribution in [1.29, 1.82) is 0 Å². The number of benzene rings is 2. The fraction of sp³-hybridized carbons (Fsp3) is 0.481. The molecule has 1 N–H and O–H groups in total. The van der Waals surface area contributed by atoms with Crippen LogP contribution >= 0.6 is 0 Å². The first-order valence-corrected chi connectivity index (χ1v) is 12.1. The minimum Gasteiger partial charge on any atom is -0.491 e. The van der Waals surface area contributed by atoms with E-state index in [2.05, 4.69) is 31.0 Å². The summed E-state index contributed by atoms with van der Waals surface area (Å²) in [4.78, 5) is 29.9. The van der Waals surface area contributed by atoms with Gasteiger partial charge in [-0.3, -0.25) is 14.5 Å². The monoisotopic (exact) mass is 485 g/mol. The largest absolute Gasteiger partial charge is 0.491 e. The summed E-state index contributed by atoms with van der Waals surface area (Å²) in [5.74, 6) is -0.770. The van der Waals surface area contributed by atoms with Gasteiger partial charge in [-0.05, 0) is 50.1 Å². The van der Waals surface area contributed by atoms with Crippen molar-refractivity contribution < 1.29 is 23.5 Å². The molecule has 3 rings (SSSR count). The van der Waals surface area contributed by atoms with E-state index in [1.165, 1.54) is 18.2 Å². The molecule has 0 saturated heterocycles. The minimum atomic E-state index is -0.601. The highest BCUT2D eigenvalue weighted by atomic mass is 19.1. The summed E-state index contributed by atoms with van der Waals surface area (Å²) in [6.45, 7) is 8.96. The molecule has 0 spiro atoms. The Bertz CT molecular complexity index is 1030. The van der Waals surface area contributed by atoms with Gasteiger partial charge in [0.05, 0.1) is 17.2 Å². The minimum absolute atomic E-state index is 0.0550. The summed E-state index contributed by atoms with van der Waals surface area (Å²) >= 11 is 0. The van der Waals surface area contributed by atoms with Gasteiger partial charge in [0.2, 0.25) is 0 Å². The molecule has 0 fully saturated rings. The van der Waals surface area contributed by atoms with E-state index in [-0.39, 0.29) is 29.5 Å². The summed E-state index contributed by atoms with van der Waals surface area (Å²) in [6, 6.07) is 10.8. The molecule has 190 valence electrons. The molecule has 3 atom stereocenters. The highest BCUT2D eigenvalue weighted by molar-refractivity contribution is 6.05. The van der Waals surface area contributed by atoms with Crippen LogP contribution in [0.2, 0.25) is 0 Å². The third kappa shape index (κ3) is 6.58. The van der Waals surface area contributed by atoms with Crippen LogP contribution in [0.4, 0.5) is 10.1 Å². The highest BCUT2D eigenvalue weighted by Crippen LogP contribution is 2.27. The van der Waals surface area contributed by atoms with Gasteiger partial charge in [0.25, 0.3) is 11.8 Å². The Kier molecular flexibility index (Phi) is 9.23. The molecule has 1 heterocycles. The standard InChI is InChI=1S/C27H36FN3O4/c1-6-13-31-15-18(2)25(34-5)16-30(4)27(33)22-12-11-20(14-24(22)35-17-19(31)3)29-26(32)21-9-7-8-10-23(21)28/h7-12,14,18-19,25H,6,13,15-17H2,1-5H3,(H,29,32)/t18-,19-,25+/m0/s1. The molecule has 35 heavy (non-hydrogen) atoms. The summed E-state index contributed by atoms with van der Waals surface area (Å²) in [6.07, 6.45) is 0.897. The number of fused-ring (bicyclic) bond motifs is 1. The lowest BCUT2D eigenvalue weighted by atomic mass is 10.0. The van der Waals surface area contributed by atoms with Crippen molar-refractivity contribution in [3.63, 3.8) is 0 Å². The topological polar surface area (TPSA) is 71.1 Å². The number of carbonyl (C=O) groups is 2. The Morgan fingerprint density at radius 3 is 2.63 bits per heavy atom. The van der Waals surface area contributed by atoms with Gasteiger partial charge in [0.1, 0.15) is 18.2 Å². The Hall–Kier alpha value is -2.97.